The zero-order chi connectivity index (χ0) is 19.0. The largest absolute Gasteiger partial charge is 0.400 e. The summed E-state index contributed by atoms with van der Waals surface area (Å²) in [6.07, 6.45) is 0.00757. The fraction of sp³-hybridized carbons (Fsp3) is 0.467. The van der Waals surface area contributed by atoms with E-state index in [1.165, 1.54) is 12.1 Å². The zero-order valence-corrected chi connectivity index (χ0v) is 15.8. The van der Waals surface area contributed by atoms with Gasteiger partial charge in [-0.25, -0.2) is 4.39 Å². The van der Waals surface area contributed by atoms with Gasteiger partial charge in [0.25, 0.3) is 0 Å². The smallest absolute Gasteiger partial charge is 0.331 e. The number of rotatable bonds is 5. The van der Waals surface area contributed by atoms with E-state index in [0.717, 1.165) is 6.07 Å². The summed E-state index contributed by atoms with van der Waals surface area (Å²) in [5.41, 5.74) is -0.00117. The van der Waals surface area contributed by atoms with Crippen LogP contribution < -0.4 is 5.09 Å². The van der Waals surface area contributed by atoms with E-state index in [1.807, 2.05) is 20.8 Å². The molecular formula is C15H18ClF3N3O2P. The molecule has 25 heavy (non-hydrogen) atoms. The monoisotopic (exact) mass is 395 g/mol. The van der Waals surface area contributed by atoms with Crippen LogP contribution in [0, 0.1) is 5.82 Å². The molecule has 0 aliphatic rings. The van der Waals surface area contributed by atoms with Gasteiger partial charge >= 0.3 is 11.3 Å². The number of nitrogens with zero attached hydrogens (tertiary/aromatic N) is 2. The Labute approximate surface area is 148 Å². The fourth-order valence-electron chi connectivity index (χ4n) is 2.34. The van der Waals surface area contributed by atoms with Crippen LogP contribution in [0.2, 0.25) is 0 Å². The molecule has 5 nitrogen and oxygen atoms in total. The van der Waals surface area contributed by atoms with Crippen molar-refractivity contribution in [1.82, 2.24) is 15.2 Å². The summed E-state index contributed by atoms with van der Waals surface area (Å²) >= 11 is 4.80. The Kier molecular flexibility index (Phi) is 5.38. The van der Waals surface area contributed by atoms with Gasteiger partial charge in [-0.15, -0.1) is 0 Å². The summed E-state index contributed by atoms with van der Waals surface area (Å²) < 4.78 is 57.1. The van der Waals surface area contributed by atoms with Gasteiger partial charge in [-0.1, -0.05) is 17.3 Å². The van der Waals surface area contributed by atoms with Crippen LogP contribution in [0.15, 0.2) is 22.7 Å². The van der Waals surface area contributed by atoms with Crippen molar-refractivity contribution in [2.45, 2.75) is 37.9 Å². The highest BCUT2D eigenvalue weighted by Gasteiger charge is 2.35. The Morgan fingerprint density at radius 1 is 1.32 bits per heavy atom. The van der Waals surface area contributed by atoms with Crippen molar-refractivity contribution in [2.75, 3.05) is 6.66 Å². The number of halogens is 4. The molecule has 0 radical (unpaired) electrons. The summed E-state index contributed by atoms with van der Waals surface area (Å²) in [5.74, 6) is -1.92. The Hall–Kier alpha value is -1.37. The summed E-state index contributed by atoms with van der Waals surface area (Å²) in [6.45, 7) is 7.13. The highest BCUT2D eigenvalue weighted by Crippen LogP contribution is 2.43. The lowest BCUT2D eigenvalue weighted by Crippen LogP contribution is -2.33. The predicted molar refractivity (Wildman–Crippen MR) is 89.6 cm³/mol. The topological polar surface area (TPSA) is 68.0 Å². The molecule has 0 saturated carbocycles. The lowest BCUT2D eigenvalue weighted by molar-refractivity contribution is 0.0551. The van der Waals surface area contributed by atoms with E-state index in [-0.39, 0.29) is 28.7 Å². The van der Waals surface area contributed by atoms with Gasteiger partial charge in [0.2, 0.25) is 5.82 Å². The third-order valence-corrected chi connectivity index (χ3v) is 5.27. The van der Waals surface area contributed by atoms with Crippen molar-refractivity contribution in [3.63, 3.8) is 0 Å². The van der Waals surface area contributed by atoms with Crippen molar-refractivity contribution >= 4 is 18.9 Å². The molecule has 0 aliphatic carbocycles. The molecule has 0 bridgehead atoms. The molecule has 0 amide bonds. The van der Waals surface area contributed by atoms with Gasteiger partial charge in [0, 0.05) is 23.9 Å². The number of hydrogen-bond donors (Lipinski definition) is 1. The Bertz CT molecular complexity index is 815. The average Bonchev–Trinajstić information content (AvgIpc) is 2.87. The normalized spacial score (nSPS) is 15.2. The van der Waals surface area contributed by atoms with Crippen molar-refractivity contribution in [3.8, 4) is 11.4 Å². The number of aromatic nitrogens is 2. The van der Waals surface area contributed by atoms with E-state index in [1.54, 1.807) is 6.66 Å². The van der Waals surface area contributed by atoms with Gasteiger partial charge in [0.1, 0.15) is 13.1 Å². The molecule has 1 unspecified atom stereocenters. The van der Waals surface area contributed by atoms with Gasteiger partial charge in [-0.2, -0.15) is 13.8 Å². The van der Waals surface area contributed by atoms with Gasteiger partial charge in [0.15, 0.2) is 0 Å². The maximum Gasteiger partial charge on any atom is 0.400 e. The first-order valence-electron chi connectivity index (χ1n) is 7.32. The molecule has 2 aromatic rings. The Morgan fingerprint density at radius 2 is 1.96 bits per heavy atom. The predicted octanol–water partition coefficient (Wildman–Crippen LogP) is 4.96. The van der Waals surface area contributed by atoms with E-state index in [9.17, 15) is 17.7 Å². The second-order valence-corrected chi connectivity index (χ2v) is 10.1. The SMILES string of the molecule is CC(C)(C)NP(C)(=O)Cc1ccc(-c2noc(C(F)(F)Cl)n2)cc1F. The van der Waals surface area contributed by atoms with Crippen LogP contribution in [0.3, 0.4) is 0 Å². The molecule has 2 rings (SSSR count). The van der Waals surface area contributed by atoms with Crippen LogP contribution in [0.4, 0.5) is 13.2 Å². The van der Waals surface area contributed by atoms with Crippen molar-refractivity contribution in [2.24, 2.45) is 0 Å². The minimum absolute atomic E-state index is 0.00757. The van der Waals surface area contributed by atoms with E-state index in [0.29, 0.717) is 0 Å². The number of nitrogens with one attached hydrogen (secondary N) is 1. The lowest BCUT2D eigenvalue weighted by Gasteiger charge is -2.26. The number of alkyl halides is 3. The van der Waals surface area contributed by atoms with Gasteiger partial charge in [-0.05, 0) is 44.0 Å². The van der Waals surface area contributed by atoms with Crippen molar-refractivity contribution in [3.05, 3.63) is 35.5 Å². The maximum atomic E-state index is 14.3. The van der Waals surface area contributed by atoms with Gasteiger partial charge in [0.05, 0.1) is 0 Å². The fourth-order valence-corrected chi connectivity index (χ4v) is 4.83. The maximum absolute atomic E-state index is 14.3. The van der Waals surface area contributed by atoms with E-state index in [2.05, 4.69) is 19.8 Å². The molecule has 1 aromatic heterocycles. The van der Waals surface area contributed by atoms with Crippen LogP contribution in [0.25, 0.3) is 11.4 Å². The second-order valence-electron chi connectivity index (χ2n) is 6.85. The molecule has 1 heterocycles. The first-order valence-corrected chi connectivity index (χ1v) is 10.0. The summed E-state index contributed by atoms with van der Waals surface area (Å²) in [5, 5.41) is 2.56. The molecule has 0 fully saturated rings. The quantitative estimate of drug-likeness (QED) is 0.572. The third-order valence-electron chi connectivity index (χ3n) is 3.02. The van der Waals surface area contributed by atoms with E-state index < -0.39 is 24.4 Å². The molecule has 1 aromatic carbocycles. The highest BCUT2D eigenvalue weighted by molar-refractivity contribution is 7.60. The standard InChI is InChI=1S/C15H18ClF3N3O2P/c1-14(2,3)22-25(4,23)8-10-6-5-9(7-11(10)17)12-20-13(24-21-12)15(16,18)19/h5-7H,8H2,1-4H3,(H,22,23). The van der Waals surface area contributed by atoms with Crippen LogP contribution in [-0.4, -0.2) is 22.3 Å². The molecular weight excluding hydrogens is 378 g/mol. The van der Waals surface area contributed by atoms with Gasteiger partial charge in [-0.3, -0.25) is 5.09 Å². The van der Waals surface area contributed by atoms with E-state index in [4.69, 9.17) is 11.6 Å². The minimum Gasteiger partial charge on any atom is -0.331 e. The van der Waals surface area contributed by atoms with Crippen LogP contribution >= 0.6 is 18.9 Å². The van der Waals surface area contributed by atoms with Crippen LogP contribution in [0.1, 0.15) is 32.2 Å². The molecule has 0 aliphatic heterocycles. The summed E-state index contributed by atoms with van der Waals surface area (Å²) in [6, 6.07) is 3.93. The number of hydrogen-bond acceptors (Lipinski definition) is 4. The Morgan fingerprint density at radius 3 is 2.44 bits per heavy atom. The second kappa shape index (κ2) is 6.74. The van der Waals surface area contributed by atoms with Crippen LogP contribution in [0.5, 0.6) is 0 Å². The van der Waals surface area contributed by atoms with Crippen molar-refractivity contribution in [1.29, 1.82) is 0 Å². The molecule has 1 atom stereocenters. The summed E-state index contributed by atoms with van der Waals surface area (Å²) in [4.78, 5) is 3.45. The minimum atomic E-state index is -3.79. The Balaban J connectivity index is 2.24. The number of benzene rings is 1. The summed E-state index contributed by atoms with van der Waals surface area (Å²) in [7, 11) is -2.82. The molecule has 0 saturated heterocycles. The molecule has 0 spiro atoms. The van der Waals surface area contributed by atoms with Crippen LogP contribution in [-0.2, 0) is 16.1 Å². The highest BCUT2D eigenvalue weighted by atomic mass is 35.5. The molecule has 1 N–H and O–H groups in total. The van der Waals surface area contributed by atoms with E-state index >= 15 is 0 Å². The van der Waals surface area contributed by atoms with Gasteiger partial charge < -0.3 is 9.09 Å². The first-order chi connectivity index (χ1) is 11.3. The van der Waals surface area contributed by atoms with Crippen molar-refractivity contribution < 1.29 is 22.3 Å². The first kappa shape index (κ1) is 19.9. The molecule has 138 valence electrons. The zero-order valence-electron chi connectivity index (χ0n) is 14.1. The third kappa shape index (κ3) is 5.56. The average molecular weight is 396 g/mol. The lowest BCUT2D eigenvalue weighted by atomic mass is 10.1. The molecule has 10 heteroatoms.